The highest BCUT2D eigenvalue weighted by atomic mass is 16.3. The molecule has 10 N–H and O–H groups in total. The van der Waals surface area contributed by atoms with Crippen molar-refractivity contribution >= 4 is 92.2 Å². The number of carbonyl (C=O) groups is 1. The number of hydrogen-bond acceptors (Lipinski definition) is 26. The lowest BCUT2D eigenvalue weighted by atomic mass is 9.91. The number of nitrogens with one attached hydrogen (secondary N) is 9. The van der Waals surface area contributed by atoms with Crippen LogP contribution in [0.15, 0.2) is 244 Å². The van der Waals surface area contributed by atoms with Crippen LogP contribution in [0.3, 0.4) is 0 Å². The molecule has 0 aliphatic heterocycles. The molecule has 10 aromatic heterocycles. The molecule has 15 rings (SSSR count). The lowest BCUT2D eigenvalue weighted by molar-refractivity contribution is -0.191. The number of Topliss-reactive ketones (excluding diaryl/α,β-unsaturated/α-hetero) is 1. The number of azo groups is 5. The average Bonchev–Trinajstić information content (AvgIpc) is 1.18. The second kappa shape index (κ2) is 42.8. The summed E-state index contributed by atoms with van der Waals surface area (Å²) in [5.74, 6) is -0.0536. The molecule has 0 fully saturated rings. The molecular formula is C92H93N35O10. The van der Waals surface area contributed by atoms with Crippen LogP contribution in [0, 0.1) is 37.6 Å². The van der Waals surface area contributed by atoms with Crippen molar-refractivity contribution in [1.82, 2.24) is 99.2 Å². The number of aryl methyl sites for hydroxylation is 1. The van der Waals surface area contributed by atoms with E-state index in [9.17, 15) is 43.9 Å². The number of aromatic hydroxyl groups is 1. The van der Waals surface area contributed by atoms with Crippen LogP contribution >= 0.6 is 0 Å². The highest BCUT2D eigenvalue weighted by Gasteiger charge is 2.32. The highest BCUT2D eigenvalue weighted by Crippen LogP contribution is 2.42. The van der Waals surface area contributed by atoms with Gasteiger partial charge in [0.15, 0.2) is 45.9 Å². The van der Waals surface area contributed by atoms with Crippen molar-refractivity contribution in [3.63, 3.8) is 0 Å². The molecule has 0 aliphatic rings. The van der Waals surface area contributed by atoms with Crippen molar-refractivity contribution in [3.8, 4) is 40.4 Å². The van der Waals surface area contributed by atoms with E-state index in [0.29, 0.717) is 57.0 Å². The van der Waals surface area contributed by atoms with Gasteiger partial charge in [-0.2, -0.15) is 40.3 Å². The van der Waals surface area contributed by atoms with Gasteiger partial charge in [-0.05, 0) is 83.3 Å². The SMILES string of the molecule is CCc1cn[nH]c1N=Nc1c(C(C)(C)C)[nH]n(-c2ccccc2)c1=O.O=C=O.[C-]#[N+]c1c(N=Nc2c(C#N)[nH]n(-c3ccccc3)c2=O)n[nH]c1C(C)(C)C.[C-]#[N+]c1c(N=Nc2c(C(C)=O)[nH]n(-c3ccccc3)c2=O)n[nH]c1C(C)(C)C.[C-]#[N+]c1c(N=Nc2c(O)n(C)c(=O)n(-c3ccccc3)c2=O)n[nH]c1C(C)(C)C.[C-]#[N+]c1cn[nH]c1N=Nc1c(C(C)(C)C)[nH]n(-c2ccccc2)c1=O. The van der Waals surface area contributed by atoms with Gasteiger partial charge in [-0.15, -0.1) is 51.1 Å². The Morgan fingerprint density at radius 2 is 0.730 bits per heavy atom. The Labute approximate surface area is 779 Å². The van der Waals surface area contributed by atoms with E-state index in [-0.39, 0.29) is 125 Å². The van der Waals surface area contributed by atoms with Gasteiger partial charge >= 0.3 is 11.8 Å². The summed E-state index contributed by atoms with van der Waals surface area (Å²) in [6.07, 6.45) is 4.13. The van der Waals surface area contributed by atoms with Crippen LogP contribution in [0.5, 0.6) is 5.88 Å². The Kier molecular flexibility index (Phi) is 31.4. The van der Waals surface area contributed by atoms with E-state index in [1.165, 1.54) is 38.9 Å². The molecule has 10 heterocycles. The monoisotopic (exact) mass is 1850 g/mol. The predicted molar refractivity (Wildman–Crippen MR) is 506 cm³/mol. The van der Waals surface area contributed by atoms with E-state index in [1.54, 1.807) is 85.1 Å². The maximum Gasteiger partial charge on any atom is 0.373 e. The Morgan fingerprint density at radius 1 is 0.409 bits per heavy atom. The van der Waals surface area contributed by atoms with Crippen LogP contribution in [0.1, 0.15) is 168 Å². The van der Waals surface area contributed by atoms with Crippen molar-refractivity contribution in [2.24, 2.45) is 58.2 Å². The number of H-pyrrole nitrogens is 9. The van der Waals surface area contributed by atoms with Crippen LogP contribution in [0.4, 0.5) is 80.3 Å². The minimum atomic E-state index is -0.837. The summed E-state index contributed by atoms with van der Waals surface area (Å²) in [7, 11) is 1.31. The number of aromatic amines is 9. The van der Waals surface area contributed by atoms with Gasteiger partial charge in [0.05, 0.1) is 78.5 Å². The normalized spacial score (nSPS) is 11.5. The van der Waals surface area contributed by atoms with Gasteiger partial charge in [0.1, 0.15) is 11.8 Å². The fourth-order valence-electron chi connectivity index (χ4n) is 12.7. The molecule has 0 amide bonds. The zero-order valence-corrected chi connectivity index (χ0v) is 77.5. The molecule has 0 bridgehead atoms. The van der Waals surface area contributed by atoms with Crippen LogP contribution in [-0.2, 0) is 50.1 Å². The predicted octanol–water partition coefficient (Wildman–Crippen LogP) is 19.3. The van der Waals surface area contributed by atoms with Gasteiger partial charge in [0.25, 0.3) is 50.5 Å². The van der Waals surface area contributed by atoms with E-state index < -0.39 is 33.9 Å². The molecule has 696 valence electrons. The van der Waals surface area contributed by atoms with Gasteiger partial charge in [-0.3, -0.25) is 79.2 Å². The number of carbonyl (C=O) groups excluding carboxylic acids is 3. The maximum atomic E-state index is 12.9. The zero-order valence-electron chi connectivity index (χ0n) is 77.5. The largest absolute Gasteiger partial charge is 0.493 e. The molecule has 5 aromatic carbocycles. The third-order valence-electron chi connectivity index (χ3n) is 19.7. The second-order valence-electron chi connectivity index (χ2n) is 34.7. The number of aromatic nitrogens is 20. The molecule has 0 saturated heterocycles. The molecule has 45 nitrogen and oxygen atoms in total. The molecule has 15 aromatic rings. The lowest BCUT2D eigenvalue weighted by Crippen LogP contribution is -2.37. The first-order chi connectivity index (χ1) is 65.0. The average molecular weight is 1850 g/mol. The summed E-state index contributed by atoms with van der Waals surface area (Å²) in [4.78, 5) is 118. The van der Waals surface area contributed by atoms with E-state index in [2.05, 4.69) is 142 Å². The zero-order chi connectivity index (χ0) is 100. The van der Waals surface area contributed by atoms with Gasteiger partial charge < -0.3 is 5.11 Å². The minimum Gasteiger partial charge on any atom is -0.493 e. The molecule has 0 spiro atoms. The molecule has 0 aliphatic carbocycles. The fourth-order valence-corrected chi connectivity index (χ4v) is 12.7. The third-order valence-corrected chi connectivity index (χ3v) is 19.7. The maximum absolute atomic E-state index is 12.9. The third kappa shape index (κ3) is 23.1. The van der Waals surface area contributed by atoms with E-state index in [0.717, 1.165) is 32.5 Å². The quantitative estimate of drug-likeness (QED) is 0.0230. The number of hydrogen-bond donors (Lipinski definition) is 10. The van der Waals surface area contributed by atoms with Crippen molar-refractivity contribution < 1.29 is 19.5 Å². The number of benzene rings is 5. The molecule has 0 atom stereocenters. The standard InChI is InChI=1S/C19H19N7O3.C19H19N7O2.C18H16N8O.C18H22N6O.C17H17N7O.CO2/c1-19(2,3)14-12(20-4)15(24-22-14)23-21-13-16(27)25(5)18(29)26(17(13)28)11-9-7-6-8-10-11;1-11(27)13-14(18(28)26(25-13)12-9-7-6-8-10-12)21-23-17-15(20-5)16(22-24-17)19(2,3)4;1-18(2,3)15-14(20-4)16(24-22-15)23-21-13-12(10-19)25-26(17(13)27)11-8-6-5-7-9-11;1-5-12-11-19-21-16(12)22-20-14-15(18(2,3)4)23-24(17(14)25)13-9-7-6-8-10-13;1-17(2,3)14-13(20-22-15-12(18-4)10-19-21-15)16(25)24(23-14)11-8-6-5-7-9-11;2-1-3/h6-10,27H,1-3,5H3,(H,22,24);6-10,25H,1-4H3,(H,22,24);5-9,25H,1-3H3,(H,22,24);6-11,23H,5H2,1-4H3,(H,19,21);5-10,23H,1-3H3,(H,19,21);. The number of nitrogens with zero attached hydrogens (tertiary/aromatic N) is 26. The molecule has 0 saturated carbocycles. The van der Waals surface area contributed by atoms with Gasteiger partial charge in [-0.25, -0.2) is 47.5 Å². The van der Waals surface area contributed by atoms with E-state index in [1.807, 2.05) is 190 Å². The first kappa shape index (κ1) is 100. The van der Waals surface area contributed by atoms with E-state index >= 15 is 0 Å². The summed E-state index contributed by atoms with van der Waals surface area (Å²) in [5.41, 5.74) is 3.05. The van der Waals surface area contributed by atoms with Crippen molar-refractivity contribution in [1.29, 1.82) is 5.26 Å². The topological polar surface area (TPSA) is 575 Å². The number of nitriles is 1. The van der Waals surface area contributed by atoms with Gasteiger partial charge in [0.2, 0.25) is 29.0 Å². The first-order valence-corrected chi connectivity index (χ1v) is 41.6. The van der Waals surface area contributed by atoms with Crippen molar-refractivity contribution in [2.45, 2.75) is 151 Å². The number of ketones is 1. The summed E-state index contributed by atoms with van der Waals surface area (Å²) in [6, 6.07) is 46.5. The van der Waals surface area contributed by atoms with Crippen molar-refractivity contribution in [3.05, 3.63) is 317 Å². The van der Waals surface area contributed by atoms with E-state index in [4.69, 9.17) is 35.9 Å². The van der Waals surface area contributed by atoms with Crippen LogP contribution in [-0.4, -0.2) is 116 Å². The molecule has 0 unspecified atom stereocenters. The molecule has 0 radical (unpaired) electrons. The van der Waals surface area contributed by atoms with Gasteiger partial charge in [-0.1, -0.05) is 202 Å². The van der Waals surface area contributed by atoms with Crippen LogP contribution in [0.2, 0.25) is 0 Å². The van der Waals surface area contributed by atoms with Crippen LogP contribution in [0.25, 0.3) is 47.8 Å². The summed E-state index contributed by atoms with van der Waals surface area (Å²) in [5, 5.41) is 105. The Balaban J connectivity index is 0.000000176. The van der Waals surface area contributed by atoms with Crippen molar-refractivity contribution in [2.75, 3.05) is 0 Å². The molecule has 137 heavy (non-hydrogen) atoms. The number of rotatable bonds is 17. The molecular weight excluding hydrogens is 1760 g/mol. The Hall–Kier alpha value is -18.8. The molecule has 45 heteroatoms. The minimum absolute atomic E-state index is 0.0103. The summed E-state index contributed by atoms with van der Waals surface area (Å²) in [6.45, 7) is 62.0. The summed E-state index contributed by atoms with van der Waals surface area (Å²) < 4.78 is 7.17. The second-order valence-corrected chi connectivity index (χ2v) is 34.7. The highest BCUT2D eigenvalue weighted by molar-refractivity contribution is 5.96. The lowest BCUT2D eigenvalue weighted by Gasteiger charge is -2.16. The Morgan fingerprint density at radius 3 is 1.09 bits per heavy atom. The smallest absolute Gasteiger partial charge is 0.373 e. The summed E-state index contributed by atoms with van der Waals surface area (Å²) >= 11 is 0. The fraction of sp³-hybridized carbons (Fsp3) is 0.261. The van der Waals surface area contributed by atoms with Crippen LogP contribution < -0.4 is 33.5 Å². The Bertz CT molecular complexity index is 7700. The van der Waals surface area contributed by atoms with Gasteiger partial charge in [0, 0.05) is 47.4 Å². The number of para-hydroxylation sites is 5. The first-order valence-electron chi connectivity index (χ1n) is 41.6.